The van der Waals surface area contributed by atoms with Gasteiger partial charge in [-0.1, -0.05) is 12.1 Å². The second kappa shape index (κ2) is 6.16. The van der Waals surface area contributed by atoms with E-state index in [1.165, 1.54) is 23.0 Å². The van der Waals surface area contributed by atoms with Gasteiger partial charge in [0.2, 0.25) is 0 Å². The highest BCUT2D eigenvalue weighted by molar-refractivity contribution is 7.19. The Morgan fingerprint density at radius 1 is 1.08 bits per heavy atom. The lowest BCUT2D eigenvalue weighted by Crippen LogP contribution is -2.36. The van der Waals surface area contributed by atoms with E-state index in [4.69, 9.17) is 9.47 Å². The summed E-state index contributed by atoms with van der Waals surface area (Å²) < 4.78 is 14.2. The molecule has 0 unspecified atom stereocenters. The van der Waals surface area contributed by atoms with Crippen molar-refractivity contribution in [2.24, 2.45) is 14.1 Å². The van der Waals surface area contributed by atoms with E-state index in [1.807, 2.05) is 31.2 Å². The maximum atomic E-state index is 12.3. The van der Waals surface area contributed by atoms with E-state index in [1.54, 1.807) is 14.2 Å². The number of aromatic nitrogens is 2. The van der Waals surface area contributed by atoms with Crippen molar-refractivity contribution in [3.63, 3.8) is 0 Å². The van der Waals surface area contributed by atoms with Crippen LogP contribution in [0.4, 0.5) is 0 Å². The van der Waals surface area contributed by atoms with Crippen LogP contribution in [-0.2, 0) is 20.7 Å². The molecule has 3 aromatic rings. The Morgan fingerprint density at radius 2 is 1.75 bits per heavy atom. The van der Waals surface area contributed by atoms with Gasteiger partial charge in [0.1, 0.15) is 22.6 Å². The first-order chi connectivity index (χ1) is 11.4. The van der Waals surface area contributed by atoms with Gasteiger partial charge in [-0.15, -0.1) is 11.3 Å². The van der Waals surface area contributed by atoms with Crippen molar-refractivity contribution in [3.05, 3.63) is 55.5 Å². The minimum atomic E-state index is -0.361. The Kier molecular flexibility index (Phi) is 4.19. The van der Waals surface area contributed by atoms with Gasteiger partial charge < -0.3 is 9.47 Å². The average Bonchev–Trinajstić information content (AvgIpc) is 2.93. The lowest BCUT2D eigenvalue weighted by atomic mass is 10.2. The maximum Gasteiger partial charge on any atom is 0.331 e. The fourth-order valence-corrected chi connectivity index (χ4v) is 3.68. The molecule has 2 heterocycles. The number of methoxy groups -OCH3 is 1. The molecule has 6 nitrogen and oxygen atoms in total. The zero-order chi connectivity index (χ0) is 17.4. The number of thiophene rings is 1. The third-order valence-corrected chi connectivity index (χ3v) is 5.02. The summed E-state index contributed by atoms with van der Waals surface area (Å²) in [5.41, 5.74) is 0.877. The molecule has 0 radical (unpaired) electrons. The van der Waals surface area contributed by atoms with Crippen LogP contribution in [0.25, 0.3) is 10.2 Å². The van der Waals surface area contributed by atoms with Crippen LogP contribution >= 0.6 is 11.3 Å². The van der Waals surface area contributed by atoms with Crippen LogP contribution in [-0.4, -0.2) is 16.2 Å². The van der Waals surface area contributed by atoms with Gasteiger partial charge in [0.05, 0.1) is 7.11 Å². The van der Waals surface area contributed by atoms with Crippen LogP contribution in [0.3, 0.4) is 0 Å². The Morgan fingerprint density at radius 3 is 2.38 bits per heavy atom. The van der Waals surface area contributed by atoms with Gasteiger partial charge in [0.25, 0.3) is 5.56 Å². The molecule has 0 aliphatic heterocycles. The molecule has 0 spiro atoms. The van der Waals surface area contributed by atoms with Gasteiger partial charge in [-0.3, -0.25) is 13.9 Å². The van der Waals surface area contributed by atoms with Crippen molar-refractivity contribution in [2.45, 2.75) is 13.5 Å². The summed E-state index contributed by atoms with van der Waals surface area (Å²) in [7, 11) is 4.75. The molecule has 0 amide bonds. The normalized spacial score (nSPS) is 11.0. The first-order valence-corrected chi connectivity index (χ1v) is 8.20. The number of nitrogens with zero attached hydrogens (tertiary/aromatic N) is 2. The molecule has 0 N–H and O–H groups in total. The average molecular weight is 346 g/mol. The number of benzene rings is 1. The quantitative estimate of drug-likeness (QED) is 0.726. The molecule has 126 valence electrons. The van der Waals surface area contributed by atoms with E-state index < -0.39 is 0 Å². The largest absolute Gasteiger partial charge is 0.497 e. The lowest BCUT2D eigenvalue weighted by Gasteiger charge is -2.10. The summed E-state index contributed by atoms with van der Waals surface area (Å²) in [4.78, 5) is 25.3. The molecule has 3 rings (SSSR count). The molecule has 7 heteroatoms. The Labute approximate surface area is 142 Å². The van der Waals surface area contributed by atoms with E-state index in [9.17, 15) is 9.59 Å². The van der Waals surface area contributed by atoms with Crippen molar-refractivity contribution in [1.82, 2.24) is 9.13 Å². The number of hydrogen-bond donors (Lipinski definition) is 0. The number of rotatable bonds is 4. The molecular weight excluding hydrogens is 328 g/mol. The number of fused-ring (bicyclic) bond motifs is 1. The van der Waals surface area contributed by atoms with Crippen LogP contribution in [0.1, 0.15) is 10.4 Å². The van der Waals surface area contributed by atoms with E-state index in [0.29, 0.717) is 22.6 Å². The Bertz CT molecular complexity index is 1010. The fraction of sp³-hybridized carbons (Fsp3) is 0.294. The van der Waals surface area contributed by atoms with Gasteiger partial charge >= 0.3 is 5.69 Å². The zero-order valence-electron chi connectivity index (χ0n) is 14.0. The molecule has 0 aliphatic carbocycles. The summed E-state index contributed by atoms with van der Waals surface area (Å²) in [5.74, 6) is 1.37. The summed E-state index contributed by atoms with van der Waals surface area (Å²) >= 11 is 1.35. The molecule has 2 aromatic heterocycles. The van der Waals surface area contributed by atoms with Gasteiger partial charge in [-0.2, -0.15) is 0 Å². The minimum Gasteiger partial charge on any atom is -0.497 e. The first-order valence-electron chi connectivity index (χ1n) is 7.39. The standard InChI is InChI=1S/C17H18N2O4S/c1-10-14(23-9-11-5-7-12(22-4)8-6-11)13-15(24-10)16(20)19(3)17(21)18(13)2/h5-8H,9H2,1-4H3. The summed E-state index contributed by atoms with van der Waals surface area (Å²) in [6.45, 7) is 2.23. The molecule has 0 saturated heterocycles. The molecule has 0 fully saturated rings. The van der Waals surface area contributed by atoms with E-state index in [2.05, 4.69) is 0 Å². The van der Waals surface area contributed by atoms with Crippen LogP contribution in [0, 0.1) is 6.92 Å². The predicted molar refractivity (Wildman–Crippen MR) is 94.4 cm³/mol. The minimum absolute atomic E-state index is 0.291. The highest BCUT2D eigenvalue weighted by Crippen LogP contribution is 2.34. The molecular formula is C17H18N2O4S. The van der Waals surface area contributed by atoms with Crippen LogP contribution in [0.15, 0.2) is 33.9 Å². The first kappa shape index (κ1) is 16.3. The highest BCUT2D eigenvalue weighted by atomic mass is 32.1. The molecule has 0 saturated carbocycles. The monoisotopic (exact) mass is 346 g/mol. The highest BCUT2D eigenvalue weighted by Gasteiger charge is 2.18. The number of hydrogen-bond acceptors (Lipinski definition) is 5. The van der Waals surface area contributed by atoms with Gasteiger partial charge in [-0.05, 0) is 24.6 Å². The Hall–Kier alpha value is -2.54. The number of ether oxygens (including phenoxy) is 2. The van der Waals surface area contributed by atoms with Crippen LogP contribution < -0.4 is 20.7 Å². The van der Waals surface area contributed by atoms with Crippen LogP contribution in [0.5, 0.6) is 11.5 Å². The van der Waals surface area contributed by atoms with E-state index >= 15 is 0 Å². The van der Waals surface area contributed by atoms with Crippen molar-refractivity contribution in [2.75, 3.05) is 7.11 Å². The van der Waals surface area contributed by atoms with Gasteiger partial charge in [-0.25, -0.2) is 4.79 Å². The zero-order valence-corrected chi connectivity index (χ0v) is 14.8. The fourth-order valence-electron chi connectivity index (χ4n) is 2.57. The molecule has 1 aromatic carbocycles. The molecule has 24 heavy (non-hydrogen) atoms. The number of aryl methyl sites for hydroxylation is 2. The molecule has 0 aliphatic rings. The lowest BCUT2D eigenvalue weighted by molar-refractivity contribution is 0.307. The van der Waals surface area contributed by atoms with Crippen molar-refractivity contribution < 1.29 is 9.47 Å². The Balaban J connectivity index is 2.02. The van der Waals surface area contributed by atoms with E-state index in [-0.39, 0.29) is 11.2 Å². The molecule has 0 atom stereocenters. The second-order valence-electron chi connectivity index (χ2n) is 5.51. The predicted octanol–water partition coefficient (Wildman–Crippen LogP) is 2.19. The molecule has 0 bridgehead atoms. The van der Waals surface area contributed by atoms with Gasteiger partial charge in [0, 0.05) is 19.0 Å². The third kappa shape index (κ3) is 2.60. The summed E-state index contributed by atoms with van der Waals surface area (Å²) in [6.07, 6.45) is 0. The van der Waals surface area contributed by atoms with Crippen molar-refractivity contribution in [1.29, 1.82) is 0 Å². The van der Waals surface area contributed by atoms with Crippen molar-refractivity contribution >= 4 is 21.6 Å². The summed E-state index contributed by atoms with van der Waals surface area (Å²) in [5, 5.41) is 0. The second-order valence-corrected chi connectivity index (χ2v) is 6.73. The van der Waals surface area contributed by atoms with Crippen LogP contribution in [0.2, 0.25) is 0 Å². The van der Waals surface area contributed by atoms with E-state index in [0.717, 1.165) is 20.8 Å². The maximum absolute atomic E-state index is 12.3. The SMILES string of the molecule is COc1ccc(COc2c(C)sc3c(=O)n(C)c(=O)n(C)c23)cc1. The topological polar surface area (TPSA) is 62.5 Å². The van der Waals surface area contributed by atoms with Crippen molar-refractivity contribution in [3.8, 4) is 11.5 Å². The van der Waals surface area contributed by atoms with Gasteiger partial charge in [0.15, 0.2) is 5.75 Å². The third-order valence-electron chi connectivity index (χ3n) is 3.96. The smallest absolute Gasteiger partial charge is 0.331 e. The summed E-state index contributed by atoms with van der Waals surface area (Å²) in [6, 6.07) is 7.56.